The fourth-order valence-corrected chi connectivity index (χ4v) is 3.13. The summed E-state index contributed by atoms with van der Waals surface area (Å²) < 4.78 is 24.1. The van der Waals surface area contributed by atoms with Crippen LogP contribution in [-0.4, -0.2) is 43.0 Å². The summed E-state index contributed by atoms with van der Waals surface area (Å²) >= 11 is 0. The molecule has 0 saturated carbocycles. The second-order valence-corrected chi connectivity index (χ2v) is 7.60. The minimum Gasteiger partial charge on any atom is -0.497 e. The smallest absolute Gasteiger partial charge is 0.242 e. The van der Waals surface area contributed by atoms with Crippen LogP contribution in [0.5, 0.6) is 11.5 Å². The topological polar surface area (TPSA) is 67.9 Å². The maximum atomic E-state index is 13.3. The van der Waals surface area contributed by atoms with E-state index in [9.17, 15) is 14.0 Å². The molecule has 0 aliphatic rings. The zero-order valence-electron chi connectivity index (χ0n) is 19.1. The van der Waals surface area contributed by atoms with Crippen molar-refractivity contribution >= 4 is 11.8 Å². The number of halogens is 1. The van der Waals surface area contributed by atoms with Crippen molar-refractivity contribution in [2.24, 2.45) is 0 Å². The summed E-state index contributed by atoms with van der Waals surface area (Å²) in [6, 6.07) is 12.6. The number of ether oxygens (including phenoxy) is 2. The van der Waals surface area contributed by atoms with E-state index < -0.39 is 6.04 Å². The van der Waals surface area contributed by atoms with Gasteiger partial charge in [0.2, 0.25) is 11.8 Å². The molecule has 32 heavy (non-hydrogen) atoms. The number of carbonyl (C=O) groups is 2. The molecule has 174 valence electrons. The molecule has 2 amide bonds. The monoisotopic (exact) mass is 444 g/mol. The lowest BCUT2D eigenvalue weighted by molar-refractivity contribution is -0.140. The molecule has 0 bridgehead atoms. The molecule has 1 N–H and O–H groups in total. The Balaban J connectivity index is 1.95. The van der Waals surface area contributed by atoms with Gasteiger partial charge >= 0.3 is 0 Å². The average molecular weight is 445 g/mol. The minimum atomic E-state index is -0.632. The SMILES string of the molecule is CCCCNC(=O)[C@@H](C)N(Cc1ccc(F)cc1)C(=O)CCCOc1ccc(OC)cc1. The molecule has 2 aromatic carbocycles. The summed E-state index contributed by atoms with van der Waals surface area (Å²) in [5.74, 6) is 0.766. The predicted molar refractivity (Wildman–Crippen MR) is 122 cm³/mol. The predicted octanol–water partition coefficient (Wildman–Crippen LogP) is 4.33. The van der Waals surface area contributed by atoms with Gasteiger partial charge in [0, 0.05) is 19.5 Å². The third-order valence-corrected chi connectivity index (χ3v) is 5.13. The molecule has 0 spiro atoms. The third-order valence-electron chi connectivity index (χ3n) is 5.13. The van der Waals surface area contributed by atoms with Crippen LogP contribution < -0.4 is 14.8 Å². The number of unbranched alkanes of at least 4 members (excludes halogenated alkanes) is 1. The number of nitrogens with zero attached hydrogens (tertiary/aromatic N) is 1. The number of rotatable bonds is 13. The molecule has 0 fully saturated rings. The van der Waals surface area contributed by atoms with Gasteiger partial charge in [0.25, 0.3) is 0 Å². The molecule has 2 aromatic rings. The minimum absolute atomic E-state index is 0.147. The van der Waals surface area contributed by atoms with Gasteiger partial charge in [-0.25, -0.2) is 4.39 Å². The molecular weight excluding hydrogens is 411 g/mol. The fourth-order valence-electron chi connectivity index (χ4n) is 3.13. The molecule has 2 rings (SSSR count). The van der Waals surface area contributed by atoms with Crippen LogP contribution in [0.4, 0.5) is 4.39 Å². The number of nitrogens with one attached hydrogen (secondary N) is 1. The molecule has 0 unspecified atom stereocenters. The van der Waals surface area contributed by atoms with E-state index in [4.69, 9.17) is 9.47 Å². The maximum absolute atomic E-state index is 13.3. The average Bonchev–Trinajstić information content (AvgIpc) is 2.81. The molecule has 0 aliphatic carbocycles. The summed E-state index contributed by atoms with van der Waals surface area (Å²) in [5, 5.41) is 2.88. The second-order valence-electron chi connectivity index (χ2n) is 7.60. The first kappa shape index (κ1) is 25.2. The van der Waals surface area contributed by atoms with E-state index in [1.807, 2.05) is 31.2 Å². The van der Waals surface area contributed by atoms with E-state index in [0.717, 1.165) is 24.2 Å². The van der Waals surface area contributed by atoms with Gasteiger partial charge in [0.1, 0.15) is 23.4 Å². The first-order valence-electron chi connectivity index (χ1n) is 11.0. The van der Waals surface area contributed by atoms with Crippen molar-refractivity contribution in [2.75, 3.05) is 20.3 Å². The number of amides is 2. The largest absolute Gasteiger partial charge is 0.497 e. The first-order valence-corrected chi connectivity index (χ1v) is 11.0. The molecule has 0 heterocycles. The van der Waals surface area contributed by atoms with Gasteiger partial charge in [-0.3, -0.25) is 9.59 Å². The quantitative estimate of drug-likeness (QED) is 0.467. The number of carbonyl (C=O) groups excluding carboxylic acids is 2. The molecule has 0 radical (unpaired) electrons. The summed E-state index contributed by atoms with van der Waals surface area (Å²) in [4.78, 5) is 27.1. The van der Waals surface area contributed by atoms with Crippen molar-refractivity contribution in [2.45, 2.75) is 52.1 Å². The van der Waals surface area contributed by atoms with E-state index >= 15 is 0 Å². The van der Waals surface area contributed by atoms with Crippen molar-refractivity contribution in [1.29, 1.82) is 0 Å². The Kier molecular flexibility index (Phi) is 10.5. The third kappa shape index (κ3) is 8.21. The normalized spacial score (nSPS) is 11.5. The zero-order valence-corrected chi connectivity index (χ0v) is 19.1. The van der Waals surface area contributed by atoms with Crippen molar-refractivity contribution in [3.05, 3.63) is 59.9 Å². The molecule has 6 nitrogen and oxygen atoms in total. The van der Waals surface area contributed by atoms with Crippen molar-refractivity contribution in [3.8, 4) is 11.5 Å². The van der Waals surface area contributed by atoms with Crippen molar-refractivity contribution in [1.82, 2.24) is 10.2 Å². The highest BCUT2D eigenvalue weighted by atomic mass is 19.1. The van der Waals surface area contributed by atoms with E-state index in [0.29, 0.717) is 25.3 Å². The van der Waals surface area contributed by atoms with Gasteiger partial charge in [0.15, 0.2) is 0 Å². The van der Waals surface area contributed by atoms with E-state index in [1.165, 1.54) is 12.1 Å². The Hall–Kier alpha value is -3.09. The first-order chi connectivity index (χ1) is 15.4. The van der Waals surface area contributed by atoms with Crippen molar-refractivity contribution < 1.29 is 23.5 Å². The lowest BCUT2D eigenvalue weighted by Crippen LogP contribution is -2.47. The van der Waals surface area contributed by atoms with Crippen LogP contribution >= 0.6 is 0 Å². The molecule has 0 aromatic heterocycles. The van der Waals surface area contributed by atoms with Gasteiger partial charge in [-0.05, 0) is 61.7 Å². The highest BCUT2D eigenvalue weighted by molar-refractivity contribution is 5.87. The van der Waals surface area contributed by atoms with E-state index in [-0.39, 0.29) is 30.6 Å². The Morgan fingerprint density at radius 2 is 1.69 bits per heavy atom. The molecule has 0 aliphatic heterocycles. The number of methoxy groups -OCH3 is 1. The number of hydrogen-bond donors (Lipinski definition) is 1. The summed E-state index contributed by atoms with van der Waals surface area (Å²) in [6.45, 7) is 4.96. The van der Waals surface area contributed by atoms with E-state index in [2.05, 4.69) is 5.32 Å². The molecule has 0 saturated heterocycles. The lowest BCUT2D eigenvalue weighted by Gasteiger charge is -2.29. The maximum Gasteiger partial charge on any atom is 0.242 e. The highest BCUT2D eigenvalue weighted by Gasteiger charge is 2.25. The molecule has 7 heteroatoms. The number of hydrogen-bond acceptors (Lipinski definition) is 4. The van der Waals surface area contributed by atoms with Crippen molar-refractivity contribution in [3.63, 3.8) is 0 Å². The Morgan fingerprint density at radius 3 is 2.31 bits per heavy atom. The lowest BCUT2D eigenvalue weighted by atomic mass is 10.1. The molecular formula is C25H33FN2O4. The van der Waals surface area contributed by atoms with Gasteiger partial charge in [-0.15, -0.1) is 0 Å². The van der Waals surface area contributed by atoms with Crippen LogP contribution in [0.2, 0.25) is 0 Å². The van der Waals surface area contributed by atoms with Crippen LogP contribution in [0.25, 0.3) is 0 Å². The zero-order chi connectivity index (χ0) is 23.3. The van der Waals surface area contributed by atoms with Crippen LogP contribution in [0, 0.1) is 5.82 Å². The van der Waals surface area contributed by atoms with Crippen LogP contribution in [0.15, 0.2) is 48.5 Å². The summed E-state index contributed by atoms with van der Waals surface area (Å²) in [6.07, 6.45) is 2.60. The van der Waals surface area contributed by atoms with Gasteiger partial charge in [0.05, 0.1) is 13.7 Å². The fraction of sp³-hybridized carbons (Fsp3) is 0.440. The molecule has 1 atom stereocenters. The highest BCUT2D eigenvalue weighted by Crippen LogP contribution is 2.18. The van der Waals surface area contributed by atoms with Crippen LogP contribution in [0.1, 0.15) is 45.1 Å². The van der Waals surface area contributed by atoms with Gasteiger partial charge in [-0.2, -0.15) is 0 Å². The summed E-state index contributed by atoms with van der Waals surface area (Å²) in [5.41, 5.74) is 0.766. The Labute approximate surface area is 189 Å². The van der Waals surface area contributed by atoms with Crippen LogP contribution in [0.3, 0.4) is 0 Å². The standard InChI is InChI=1S/C25H33FN2O4/c1-4-5-16-27-25(30)19(2)28(18-20-8-10-21(26)11-9-20)24(29)7-6-17-32-23-14-12-22(31-3)13-15-23/h8-15,19H,4-7,16-18H2,1-3H3,(H,27,30)/t19-/m1/s1. The number of benzene rings is 2. The summed E-state index contributed by atoms with van der Waals surface area (Å²) in [7, 11) is 1.60. The van der Waals surface area contributed by atoms with Gasteiger partial charge in [-0.1, -0.05) is 25.5 Å². The van der Waals surface area contributed by atoms with E-state index in [1.54, 1.807) is 31.1 Å². The van der Waals surface area contributed by atoms with Crippen LogP contribution in [-0.2, 0) is 16.1 Å². The Bertz CT molecular complexity index is 840. The Morgan fingerprint density at radius 1 is 1.03 bits per heavy atom. The second kappa shape index (κ2) is 13.3. The van der Waals surface area contributed by atoms with Gasteiger partial charge < -0.3 is 19.7 Å².